The van der Waals surface area contributed by atoms with Crippen LogP contribution < -0.4 is 15.8 Å². The average Bonchev–Trinajstić information content (AvgIpc) is 2.35. The van der Waals surface area contributed by atoms with Crippen LogP contribution in [0.4, 0.5) is 5.69 Å². The molecule has 0 aliphatic rings. The van der Waals surface area contributed by atoms with Crippen LogP contribution in [0.5, 0.6) is 0 Å². The number of hydrogen-bond acceptors (Lipinski definition) is 4. The summed E-state index contributed by atoms with van der Waals surface area (Å²) in [7, 11) is -3.46. The first-order valence-electron chi connectivity index (χ1n) is 6.87. The monoisotopic (exact) mass is 313 g/mol. The van der Waals surface area contributed by atoms with Crippen molar-refractivity contribution in [2.24, 2.45) is 5.92 Å². The van der Waals surface area contributed by atoms with E-state index in [-0.39, 0.29) is 24.6 Å². The number of benzene rings is 1. The van der Waals surface area contributed by atoms with Crippen LogP contribution in [0.1, 0.15) is 25.8 Å². The number of nitrogen functional groups attached to an aromatic ring is 1. The van der Waals surface area contributed by atoms with Crippen LogP contribution in [-0.4, -0.2) is 27.4 Å². The lowest BCUT2D eigenvalue weighted by Gasteiger charge is -2.09. The molecule has 1 rings (SSSR count). The van der Waals surface area contributed by atoms with E-state index in [4.69, 9.17) is 5.73 Å². The van der Waals surface area contributed by atoms with E-state index in [2.05, 4.69) is 10.0 Å². The minimum Gasteiger partial charge on any atom is -0.399 e. The highest BCUT2D eigenvalue weighted by molar-refractivity contribution is 7.88. The zero-order valence-electron chi connectivity index (χ0n) is 12.4. The van der Waals surface area contributed by atoms with E-state index in [1.807, 2.05) is 13.8 Å². The van der Waals surface area contributed by atoms with Gasteiger partial charge in [-0.1, -0.05) is 26.0 Å². The second kappa shape index (κ2) is 7.99. The number of carbonyl (C=O) groups excluding carboxylic acids is 1. The summed E-state index contributed by atoms with van der Waals surface area (Å²) < 4.78 is 26.2. The van der Waals surface area contributed by atoms with Crippen LogP contribution in [-0.2, 0) is 20.6 Å². The largest absolute Gasteiger partial charge is 0.399 e. The lowest BCUT2D eigenvalue weighted by molar-refractivity contribution is -0.121. The van der Waals surface area contributed by atoms with E-state index in [0.717, 1.165) is 0 Å². The van der Waals surface area contributed by atoms with Gasteiger partial charge in [-0.05, 0) is 23.6 Å². The van der Waals surface area contributed by atoms with Crippen LogP contribution in [0, 0.1) is 5.92 Å². The molecule has 1 aromatic rings. The van der Waals surface area contributed by atoms with Crippen molar-refractivity contribution in [3.63, 3.8) is 0 Å². The van der Waals surface area contributed by atoms with Gasteiger partial charge in [0.1, 0.15) is 0 Å². The van der Waals surface area contributed by atoms with Crippen LogP contribution in [0.2, 0.25) is 0 Å². The van der Waals surface area contributed by atoms with Crippen LogP contribution in [0.3, 0.4) is 0 Å². The Kier molecular flexibility index (Phi) is 6.64. The molecule has 21 heavy (non-hydrogen) atoms. The first kappa shape index (κ1) is 17.5. The maximum Gasteiger partial charge on any atom is 0.221 e. The maximum atomic E-state index is 11.9. The molecule has 6 nitrogen and oxygen atoms in total. The number of rotatable bonds is 8. The summed E-state index contributed by atoms with van der Waals surface area (Å²) in [6.07, 6.45) is 0.128. The summed E-state index contributed by atoms with van der Waals surface area (Å²) in [6, 6.07) is 6.72. The lowest BCUT2D eigenvalue weighted by Crippen LogP contribution is -2.32. The number of amides is 1. The van der Waals surface area contributed by atoms with Gasteiger partial charge in [-0.3, -0.25) is 4.79 Å². The molecule has 0 radical (unpaired) electrons. The summed E-state index contributed by atoms with van der Waals surface area (Å²) in [4.78, 5) is 11.5. The molecule has 0 heterocycles. The summed E-state index contributed by atoms with van der Waals surface area (Å²) in [5.41, 5.74) is 6.75. The van der Waals surface area contributed by atoms with Crippen molar-refractivity contribution in [2.45, 2.75) is 26.0 Å². The Balaban J connectivity index is 2.38. The third-order valence-electron chi connectivity index (χ3n) is 2.69. The zero-order valence-corrected chi connectivity index (χ0v) is 13.2. The summed E-state index contributed by atoms with van der Waals surface area (Å²) in [6.45, 7) is 4.67. The molecule has 1 aromatic carbocycles. The predicted octanol–water partition coefficient (Wildman–Crippen LogP) is 0.851. The molecule has 0 saturated heterocycles. The highest BCUT2D eigenvalue weighted by Gasteiger charge is 2.12. The molecule has 0 saturated carbocycles. The number of hydrogen-bond donors (Lipinski definition) is 3. The molecular formula is C14H23N3O3S. The van der Waals surface area contributed by atoms with Crippen molar-refractivity contribution < 1.29 is 13.2 Å². The normalized spacial score (nSPS) is 11.6. The first-order chi connectivity index (χ1) is 9.78. The van der Waals surface area contributed by atoms with E-state index in [1.54, 1.807) is 24.3 Å². The molecule has 0 bridgehead atoms. The molecule has 7 heteroatoms. The van der Waals surface area contributed by atoms with E-state index in [9.17, 15) is 13.2 Å². The van der Waals surface area contributed by atoms with Crippen LogP contribution in [0.15, 0.2) is 24.3 Å². The Morgan fingerprint density at radius 2 is 2.05 bits per heavy atom. The molecule has 0 spiro atoms. The fourth-order valence-electron chi connectivity index (χ4n) is 1.68. The number of carbonyl (C=O) groups is 1. The van der Waals surface area contributed by atoms with Crippen LogP contribution >= 0.6 is 0 Å². The van der Waals surface area contributed by atoms with Gasteiger partial charge in [0.15, 0.2) is 0 Å². The molecule has 0 fully saturated rings. The van der Waals surface area contributed by atoms with Gasteiger partial charge >= 0.3 is 0 Å². The highest BCUT2D eigenvalue weighted by Crippen LogP contribution is 2.09. The van der Waals surface area contributed by atoms with Gasteiger partial charge in [0.25, 0.3) is 0 Å². The maximum absolute atomic E-state index is 11.9. The molecule has 118 valence electrons. The van der Waals surface area contributed by atoms with E-state index >= 15 is 0 Å². The Labute approximate surface area is 126 Å². The molecule has 0 atom stereocenters. The second-order valence-electron chi connectivity index (χ2n) is 5.35. The van der Waals surface area contributed by atoms with Crippen molar-refractivity contribution in [3.05, 3.63) is 29.8 Å². The van der Waals surface area contributed by atoms with Crippen molar-refractivity contribution in [1.82, 2.24) is 10.0 Å². The Bertz CT molecular complexity index is 571. The quantitative estimate of drug-likeness (QED) is 0.619. The highest BCUT2D eigenvalue weighted by atomic mass is 32.2. The number of sulfonamides is 1. The number of nitrogens with two attached hydrogens (primary N) is 1. The molecule has 0 unspecified atom stereocenters. The van der Waals surface area contributed by atoms with E-state index < -0.39 is 10.0 Å². The SMILES string of the molecule is CC(C)CNC(=O)CCNS(=O)(=O)Cc1cccc(N)c1. The number of nitrogens with one attached hydrogen (secondary N) is 2. The molecule has 0 aromatic heterocycles. The predicted molar refractivity (Wildman–Crippen MR) is 83.9 cm³/mol. The third-order valence-corrected chi connectivity index (χ3v) is 4.05. The van der Waals surface area contributed by atoms with Crippen LogP contribution in [0.25, 0.3) is 0 Å². The minimum atomic E-state index is -3.46. The molecule has 0 aliphatic carbocycles. The van der Waals surface area contributed by atoms with Gasteiger partial charge in [-0.25, -0.2) is 13.1 Å². The second-order valence-corrected chi connectivity index (χ2v) is 7.15. The Morgan fingerprint density at radius 3 is 2.67 bits per heavy atom. The third kappa shape index (κ3) is 7.67. The van der Waals surface area contributed by atoms with Crippen molar-refractivity contribution >= 4 is 21.6 Å². The van der Waals surface area contributed by atoms with Gasteiger partial charge in [-0.2, -0.15) is 0 Å². The smallest absolute Gasteiger partial charge is 0.221 e. The first-order valence-corrected chi connectivity index (χ1v) is 8.52. The topological polar surface area (TPSA) is 101 Å². The summed E-state index contributed by atoms with van der Waals surface area (Å²) in [5.74, 6) is 0.0654. The van der Waals surface area contributed by atoms with Gasteiger partial charge in [0.2, 0.25) is 15.9 Å². The molecular weight excluding hydrogens is 290 g/mol. The molecule has 4 N–H and O–H groups in total. The fraction of sp³-hybridized carbons (Fsp3) is 0.500. The van der Waals surface area contributed by atoms with Gasteiger partial charge in [0, 0.05) is 25.2 Å². The van der Waals surface area contributed by atoms with Crippen molar-refractivity contribution in [2.75, 3.05) is 18.8 Å². The van der Waals surface area contributed by atoms with E-state index in [0.29, 0.717) is 23.7 Å². The minimum absolute atomic E-state index is 0.0918. The fourth-order valence-corrected chi connectivity index (χ4v) is 2.81. The van der Waals surface area contributed by atoms with Gasteiger partial charge in [-0.15, -0.1) is 0 Å². The van der Waals surface area contributed by atoms with Gasteiger partial charge < -0.3 is 11.1 Å². The Hall–Kier alpha value is -1.60. The van der Waals surface area contributed by atoms with E-state index in [1.165, 1.54) is 0 Å². The van der Waals surface area contributed by atoms with Crippen molar-refractivity contribution in [1.29, 1.82) is 0 Å². The summed E-state index contributed by atoms with van der Waals surface area (Å²) in [5, 5.41) is 2.74. The van der Waals surface area contributed by atoms with Gasteiger partial charge in [0.05, 0.1) is 5.75 Å². The molecule has 0 aliphatic heterocycles. The average molecular weight is 313 g/mol. The molecule has 1 amide bonds. The zero-order chi connectivity index (χ0) is 15.9. The summed E-state index contributed by atoms with van der Waals surface area (Å²) >= 11 is 0. The lowest BCUT2D eigenvalue weighted by atomic mass is 10.2. The standard InChI is InChI=1S/C14H23N3O3S/c1-11(2)9-16-14(18)6-7-17-21(19,20)10-12-4-3-5-13(15)8-12/h3-5,8,11,17H,6-7,9-10,15H2,1-2H3,(H,16,18). The Morgan fingerprint density at radius 1 is 1.33 bits per heavy atom. The number of anilines is 1. The van der Waals surface area contributed by atoms with Crippen molar-refractivity contribution in [3.8, 4) is 0 Å².